The van der Waals surface area contributed by atoms with E-state index in [2.05, 4.69) is 70.5 Å². The van der Waals surface area contributed by atoms with Crippen LogP contribution in [0.5, 0.6) is 5.75 Å². The number of unbranched alkanes of at least 4 members (excludes halogenated alkanes) is 2. The normalized spacial score (nSPS) is 11.1. The highest BCUT2D eigenvalue weighted by atomic mass is 79.9. The van der Waals surface area contributed by atoms with Crippen LogP contribution in [0.4, 0.5) is 0 Å². The van der Waals surface area contributed by atoms with E-state index in [-0.39, 0.29) is 5.97 Å². The number of carbonyl (C=O) groups is 1. The molecule has 0 heterocycles. The van der Waals surface area contributed by atoms with Crippen molar-refractivity contribution >= 4 is 33.8 Å². The second-order valence-electron chi connectivity index (χ2n) is 7.29. The van der Waals surface area contributed by atoms with Crippen molar-refractivity contribution in [3.63, 3.8) is 0 Å². The molecule has 0 aliphatic rings. The molecule has 0 N–H and O–H groups in total. The number of halogens is 1. The number of nitrogens with zero attached hydrogens (tertiary/aromatic N) is 1. The molecule has 0 saturated carbocycles. The van der Waals surface area contributed by atoms with Crippen molar-refractivity contribution in [1.29, 1.82) is 0 Å². The number of para-hydroxylation sites is 1. The third kappa shape index (κ3) is 9.11. The van der Waals surface area contributed by atoms with E-state index in [0.717, 1.165) is 36.0 Å². The smallest absolute Gasteiger partial charge is 0.305 e. The van der Waals surface area contributed by atoms with Crippen LogP contribution in [0.25, 0.3) is 0 Å². The first-order chi connectivity index (χ1) is 14.5. The van der Waals surface area contributed by atoms with E-state index >= 15 is 0 Å². The Balaban J connectivity index is 1.86. The Kier molecular flexibility index (Phi) is 11.3. The van der Waals surface area contributed by atoms with Gasteiger partial charge in [0, 0.05) is 33.9 Å². The minimum atomic E-state index is -0.110. The van der Waals surface area contributed by atoms with Crippen LogP contribution in [0.15, 0.2) is 57.9 Å². The molecule has 0 aromatic heterocycles. The van der Waals surface area contributed by atoms with Crippen LogP contribution in [0, 0.1) is 0 Å². The van der Waals surface area contributed by atoms with Crippen molar-refractivity contribution < 1.29 is 14.3 Å². The fourth-order valence-corrected chi connectivity index (χ4v) is 4.07. The molecule has 2 aromatic rings. The van der Waals surface area contributed by atoms with Gasteiger partial charge >= 0.3 is 5.97 Å². The summed E-state index contributed by atoms with van der Waals surface area (Å²) in [5.41, 5.74) is 1.18. The molecule has 0 unspecified atom stereocenters. The molecule has 4 nitrogen and oxygen atoms in total. The van der Waals surface area contributed by atoms with E-state index in [1.54, 1.807) is 11.9 Å². The summed E-state index contributed by atoms with van der Waals surface area (Å²) in [7, 11) is 0. The molecule has 2 rings (SSSR count). The lowest BCUT2D eigenvalue weighted by Crippen LogP contribution is -2.23. The number of hydrogen-bond donors (Lipinski definition) is 0. The molecule has 164 valence electrons. The monoisotopic (exact) mass is 493 g/mol. The van der Waals surface area contributed by atoms with Crippen molar-refractivity contribution in [3.8, 4) is 5.75 Å². The van der Waals surface area contributed by atoms with Crippen LogP contribution < -0.4 is 4.74 Å². The highest BCUT2D eigenvalue weighted by Gasteiger charge is 2.15. The summed E-state index contributed by atoms with van der Waals surface area (Å²) in [6.45, 7) is 8.16. The largest absolute Gasteiger partial charge is 0.493 e. The molecular weight excluding hydrogens is 462 g/mol. The van der Waals surface area contributed by atoms with Gasteiger partial charge in [-0.15, -0.1) is 0 Å². The quantitative estimate of drug-likeness (QED) is 0.173. The number of ether oxygens (including phenoxy) is 2. The van der Waals surface area contributed by atoms with Crippen LogP contribution in [0.2, 0.25) is 0 Å². The van der Waals surface area contributed by atoms with Gasteiger partial charge in [0.05, 0.1) is 13.2 Å². The van der Waals surface area contributed by atoms with Gasteiger partial charge < -0.3 is 9.47 Å². The summed E-state index contributed by atoms with van der Waals surface area (Å²) in [5.74, 6) is 0.825. The predicted molar refractivity (Wildman–Crippen MR) is 128 cm³/mol. The summed E-state index contributed by atoms with van der Waals surface area (Å²) < 4.78 is 14.5. The first kappa shape index (κ1) is 24.8. The van der Waals surface area contributed by atoms with E-state index in [1.807, 2.05) is 19.1 Å². The van der Waals surface area contributed by atoms with E-state index in [9.17, 15) is 4.79 Å². The Morgan fingerprint density at radius 3 is 2.50 bits per heavy atom. The average molecular weight is 494 g/mol. The molecule has 30 heavy (non-hydrogen) atoms. The summed E-state index contributed by atoms with van der Waals surface area (Å²) in [5, 5.41) is 0. The summed E-state index contributed by atoms with van der Waals surface area (Å²) in [4.78, 5) is 12.6. The highest BCUT2D eigenvalue weighted by molar-refractivity contribution is 9.10. The fourth-order valence-electron chi connectivity index (χ4n) is 2.86. The average Bonchev–Trinajstić information content (AvgIpc) is 2.72. The zero-order valence-electron chi connectivity index (χ0n) is 18.1. The molecule has 0 atom stereocenters. The minimum absolute atomic E-state index is 0.110. The fraction of sp³-hybridized carbons (Fsp3) is 0.458. The maximum Gasteiger partial charge on any atom is 0.305 e. The predicted octanol–water partition coefficient (Wildman–Crippen LogP) is 6.87. The topological polar surface area (TPSA) is 38.8 Å². The second-order valence-corrected chi connectivity index (χ2v) is 9.32. The first-order valence-electron chi connectivity index (χ1n) is 10.6. The lowest BCUT2D eigenvalue weighted by atomic mass is 10.2. The third-order valence-corrected chi connectivity index (χ3v) is 6.30. The Labute approximate surface area is 193 Å². The lowest BCUT2D eigenvalue weighted by Gasteiger charge is -2.26. The molecule has 0 aliphatic heterocycles. The number of rotatable bonds is 13. The van der Waals surface area contributed by atoms with Crippen LogP contribution in [0.1, 0.15) is 52.0 Å². The maximum absolute atomic E-state index is 11.4. The third-order valence-electron chi connectivity index (χ3n) is 4.50. The van der Waals surface area contributed by atoms with Crippen molar-refractivity contribution in [2.75, 3.05) is 13.2 Å². The van der Waals surface area contributed by atoms with Gasteiger partial charge in [0.25, 0.3) is 0 Å². The van der Waals surface area contributed by atoms with E-state index in [0.29, 0.717) is 25.7 Å². The van der Waals surface area contributed by atoms with Crippen LogP contribution in [-0.4, -0.2) is 29.5 Å². The number of benzene rings is 2. The standard InChI is InChI=1S/C24H32BrNO3S/c1-4-28-24(27)12-6-5-9-17-29-23-11-8-7-10-20(23)18-26(19(2)3)30-22-15-13-21(25)14-16-22/h7-8,10-11,13-16,19H,4-6,9,12,17-18H2,1-3H3. The molecule has 0 saturated heterocycles. The zero-order valence-corrected chi connectivity index (χ0v) is 20.5. The van der Waals surface area contributed by atoms with Gasteiger partial charge in [0.15, 0.2) is 0 Å². The molecule has 0 bridgehead atoms. The van der Waals surface area contributed by atoms with E-state index < -0.39 is 0 Å². The van der Waals surface area contributed by atoms with Crippen LogP contribution in [-0.2, 0) is 16.1 Å². The molecule has 0 aliphatic carbocycles. The number of esters is 1. The van der Waals surface area contributed by atoms with Crippen molar-refractivity contribution in [3.05, 3.63) is 58.6 Å². The van der Waals surface area contributed by atoms with Gasteiger partial charge in [-0.2, -0.15) is 0 Å². The van der Waals surface area contributed by atoms with Gasteiger partial charge in [0.2, 0.25) is 0 Å². The van der Waals surface area contributed by atoms with Gasteiger partial charge in [-0.1, -0.05) is 34.1 Å². The zero-order chi connectivity index (χ0) is 21.8. The maximum atomic E-state index is 11.4. The van der Waals surface area contributed by atoms with Gasteiger partial charge in [-0.25, -0.2) is 4.31 Å². The van der Waals surface area contributed by atoms with E-state index in [1.165, 1.54) is 10.5 Å². The highest BCUT2D eigenvalue weighted by Crippen LogP contribution is 2.30. The van der Waals surface area contributed by atoms with Crippen molar-refractivity contribution in [2.45, 2.75) is 63.9 Å². The summed E-state index contributed by atoms with van der Waals surface area (Å²) >= 11 is 5.26. The molecule has 6 heteroatoms. The lowest BCUT2D eigenvalue weighted by molar-refractivity contribution is -0.143. The van der Waals surface area contributed by atoms with Crippen molar-refractivity contribution in [2.24, 2.45) is 0 Å². The SMILES string of the molecule is CCOC(=O)CCCCCOc1ccccc1CN(Sc1ccc(Br)cc1)C(C)C. The molecular formula is C24H32BrNO3S. The summed E-state index contributed by atoms with van der Waals surface area (Å²) in [6, 6.07) is 17.0. The number of carbonyl (C=O) groups excluding carboxylic acids is 1. The molecule has 0 fully saturated rings. The second kappa shape index (κ2) is 13.7. The first-order valence-corrected chi connectivity index (χ1v) is 12.1. The minimum Gasteiger partial charge on any atom is -0.493 e. The molecule has 0 spiro atoms. The van der Waals surface area contributed by atoms with Gasteiger partial charge in [0.1, 0.15) is 5.75 Å². The molecule has 0 radical (unpaired) electrons. The Morgan fingerprint density at radius 1 is 1.07 bits per heavy atom. The summed E-state index contributed by atoms with van der Waals surface area (Å²) in [6.07, 6.45) is 3.21. The Morgan fingerprint density at radius 2 is 1.80 bits per heavy atom. The van der Waals surface area contributed by atoms with Crippen LogP contribution >= 0.6 is 27.9 Å². The number of hydrogen-bond acceptors (Lipinski definition) is 5. The van der Waals surface area contributed by atoms with Crippen LogP contribution in [0.3, 0.4) is 0 Å². The Hall–Kier alpha value is -1.50. The molecule has 2 aromatic carbocycles. The van der Waals surface area contributed by atoms with Gasteiger partial charge in [-0.05, 0) is 82.3 Å². The van der Waals surface area contributed by atoms with Crippen molar-refractivity contribution in [1.82, 2.24) is 4.31 Å². The Bertz CT molecular complexity index is 767. The van der Waals surface area contributed by atoms with Gasteiger partial charge in [-0.3, -0.25) is 4.79 Å². The molecule has 0 amide bonds. The van der Waals surface area contributed by atoms with E-state index in [4.69, 9.17) is 9.47 Å².